The van der Waals surface area contributed by atoms with Crippen LogP contribution in [-0.2, 0) is 20.2 Å². The first-order chi connectivity index (χ1) is 22.1. The molecule has 2 unspecified atom stereocenters. The second kappa shape index (κ2) is 17.9. The number of azo groups is 1. The van der Waals surface area contributed by atoms with Gasteiger partial charge in [0.25, 0.3) is 10.1 Å². The average Bonchev–Trinajstić information content (AvgIpc) is 3.01. The van der Waals surface area contributed by atoms with E-state index >= 15 is 0 Å². The van der Waals surface area contributed by atoms with Crippen LogP contribution in [0, 0.1) is 0 Å². The van der Waals surface area contributed by atoms with Gasteiger partial charge in [-0.3, -0.25) is 4.55 Å². The number of aliphatic hydroxyl groups is 4. The van der Waals surface area contributed by atoms with Crippen molar-refractivity contribution in [3.63, 3.8) is 0 Å². The maximum absolute atomic E-state index is 12.7. The topological polar surface area (TPSA) is 341 Å². The predicted molar refractivity (Wildman–Crippen MR) is 162 cm³/mol. The third kappa shape index (κ3) is 11.3. The van der Waals surface area contributed by atoms with Gasteiger partial charge < -0.3 is 51.8 Å². The summed E-state index contributed by atoms with van der Waals surface area (Å²) in [4.78, 5) is 10.7. The zero-order chi connectivity index (χ0) is 34.5. The quantitative estimate of drug-likeness (QED) is 0.0251. The van der Waals surface area contributed by atoms with Gasteiger partial charge >= 0.3 is 59.1 Å². The number of benzene rings is 3. The molecular formula is C25H27N9Na2O11S2. The predicted octanol–water partition coefficient (Wildman–Crippen LogP) is -6.47. The van der Waals surface area contributed by atoms with Crippen molar-refractivity contribution < 1.29 is 111 Å². The molecule has 3 aromatic carbocycles. The third-order valence-corrected chi connectivity index (χ3v) is 7.84. The van der Waals surface area contributed by atoms with E-state index < -0.39 is 66.9 Å². The maximum Gasteiger partial charge on any atom is 1.00 e. The maximum atomic E-state index is 12.7. The molecule has 20 nitrogen and oxygen atoms in total. The van der Waals surface area contributed by atoms with E-state index in [0.717, 1.165) is 18.2 Å². The van der Waals surface area contributed by atoms with E-state index in [1.54, 1.807) is 0 Å². The van der Waals surface area contributed by atoms with Gasteiger partial charge in [-0.25, -0.2) is 8.42 Å². The molecule has 1 heterocycles. The number of hydrogen-bond acceptors (Lipinski definition) is 19. The molecule has 4 aromatic rings. The van der Waals surface area contributed by atoms with Crippen LogP contribution in [0.3, 0.4) is 0 Å². The Kier molecular flexibility index (Phi) is 15.5. The Labute approximate surface area is 323 Å². The van der Waals surface area contributed by atoms with Crippen LogP contribution >= 0.6 is 0 Å². The van der Waals surface area contributed by atoms with Crippen molar-refractivity contribution in [3.8, 4) is 5.75 Å². The molecular weight excluding hydrogens is 712 g/mol. The summed E-state index contributed by atoms with van der Waals surface area (Å²) in [6, 6.07) is 7.49. The minimum absolute atomic E-state index is 0. The fraction of sp³-hybridized carbons (Fsp3) is 0.240. The molecule has 0 spiro atoms. The molecule has 1 aromatic heterocycles. The normalized spacial score (nSPS) is 12.9. The van der Waals surface area contributed by atoms with Gasteiger partial charge in [0.1, 0.15) is 26.4 Å². The molecule has 0 aliphatic heterocycles. The van der Waals surface area contributed by atoms with Crippen molar-refractivity contribution in [2.75, 3.05) is 48.0 Å². The van der Waals surface area contributed by atoms with Crippen LogP contribution < -0.4 is 85.9 Å². The first kappa shape index (κ1) is 42.4. The molecule has 2 atom stereocenters. The van der Waals surface area contributed by atoms with Crippen molar-refractivity contribution in [2.24, 2.45) is 10.2 Å². The van der Waals surface area contributed by atoms with Crippen LogP contribution in [0.1, 0.15) is 0 Å². The zero-order valence-electron chi connectivity index (χ0n) is 25.8. The summed E-state index contributed by atoms with van der Waals surface area (Å²) in [6.45, 7) is -1.45. The van der Waals surface area contributed by atoms with Crippen molar-refractivity contribution in [3.05, 3.63) is 42.5 Å². The van der Waals surface area contributed by atoms with Crippen LogP contribution in [-0.4, -0.2) is 99.8 Å². The van der Waals surface area contributed by atoms with Crippen LogP contribution in [0.5, 0.6) is 5.75 Å². The first-order valence-corrected chi connectivity index (χ1v) is 16.0. The van der Waals surface area contributed by atoms with Gasteiger partial charge in [-0.1, -0.05) is 17.9 Å². The number of nitrogens with two attached hydrogens (primary N) is 1. The van der Waals surface area contributed by atoms with E-state index in [-0.39, 0.29) is 118 Å². The van der Waals surface area contributed by atoms with E-state index in [9.17, 15) is 41.3 Å². The molecule has 0 radical (unpaired) electrons. The van der Waals surface area contributed by atoms with Crippen molar-refractivity contribution in [1.29, 1.82) is 0 Å². The minimum atomic E-state index is -4.96. The van der Waals surface area contributed by atoms with Gasteiger partial charge in [0.05, 0.1) is 36.0 Å². The Morgan fingerprint density at radius 2 is 1.41 bits per heavy atom. The summed E-state index contributed by atoms with van der Waals surface area (Å²) >= 11 is 0. The number of anilines is 5. The van der Waals surface area contributed by atoms with Crippen LogP contribution in [0.15, 0.2) is 62.5 Å². The number of nitrogens with zero attached hydrogens (tertiary/aromatic N) is 5. The molecule has 0 aliphatic rings. The summed E-state index contributed by atoms with van der Waals surface area (Å²) in [6.07, 6.45) is -2.32. The molecule has 49 heavy (non-hydrogen) atoms. The Balaban J connectivity index is 0.00000417. The first-order valence-electron chi connectivity index (χ1n) is 13.2. The molecule has 0 bridgehead atoms. The number of rotatable bonds is 14. The van der Waals surface area contributed by atoms with Gasteiger partial charge in [-0.05, 0) is 35.7 Å². The Morgan fingerprint density at radius 1 is 0.837 bits per heavy atom. The molecule has 0 saturated heterocycles. The average molecular weight is 740 g/mol. The van der Waals surface area contributed by atoms with Gasteiger partial charge in [-0.15, -0.1) is 10.2 Å². The molecule has 0 saturated carbocycles. The Morgan fingerprint density at radius 3 is 1.94 bits per heavy atom. The summed E-state index contributed by atoms with van der Waals surface area (Å²) < 4.78 is 68.9. The Hall–Kier alpha value is -2.81. The largest absolute Gasteiger partial charge is 1.00 e. The molecule has 0 amide bonds. The zero-order valence-corrected chi connectivity index (χ0v) is 31.5. The number of fused-ring (bicyclic) bond motifs is 1. The van der Waals surface area contributed by atoms with Crippen LogP contribution in [0.25, 0.3) is 10.8 Å². The van der Waals surface area contributed by atoms with E-state index in [1.165, 1.54) is 18.2 Å². The SMILES string of the molecule is Nc1ccc2cc(S(=O)(=O)[O-])cc([O-])c2c1N=Nc1ccc(Nc2nc(NCC(O)CO)nc(NCC(O)CO)n2)cc1S(=O)(=O)O.[Na+].[Na+]. The van der Waals surface area contributed by atoms with E-state index in [1.807, 2.05) is 0 Å². The standard InChI is InChI=1S/C25H29N9O11S2.2Na/c26-17-3-1-12-5-16(46(40,41)42)7-19(39)21(12)22(17)34-33-18-4-2-13(6-20(18)47(43,44)45)29-25-31-23(27-8-14(37)10-35)30-24(32-25)28-9-15(38)11-36;;/h1-7,14-15,35-39H,8-11,26H2,(H,40,41,42)(H,43,44,45)(H3,27,28,29,30,31,32);;/q;2*+1/p-2. The van der Waals surface area contributed by atoms with Crippen LogP contribution in [0.4, 0.5) is 40.6 Å². The number of hydrogen-bond donors (Lipinski definition) is 9. The van der Waals surface area contributed by atoms with Crippen molar-refractivity contribution in [2.45, 2.75) is 22.0 Å². The number of nitrogen functional groups attached to an aromatic ring is 1. The summed E-state index contributed by atoms with van der Waals surface area (Å²) in [7, 11) is -9.92. The third-order valence-electron chi connectivity index (χ3n) is 6.15. The summed E-state index contributed by atoms with van der Waals surface area (Å²) in [5.74, 6) is -1.32. The fourth-order valence-electron chi connectivity index (χ4n) is 3.90. The monoisotopic (exact) mass is 739 g/mol. The van der Waals surface area contributed by atoms with Gasteiger partial charge in [0.2, 0.25) is 17.8 Å². The number of nitrogens with one attached hydrogen (secondary N) is 3. The summed E-state index contributed by atoms with van der Waals surface area (Å²) in [5, 5.41) is 65.7. The number of aromatic nitrogens is 3. The number of aliphatic hydroxyl groups excluding tert-OH is 4. The van der Waals surface area contributed by atoms with Gasteiger partial charge in [-0.2, -0.15) is 23.4 Å². The van der Waals surface area contributed by atoms with E-state index in [0.29, 0.717) is 6.07 Å². The Bertz CT molecular complexity index is 2010. The van der Waals surface area contributed by atoms with Gasteiger partial charge in [0, 0.05) is 24.2 Å². The molecule has 0 aliphatic carbocycles. The molecule has 4 rings (SSSR count). The second-order valence-corrected chi connectivity index (χ2v) is 12.5. The van der Waals surface area contributed by atoms with Crippen molar-refractivity contribution >= 4 is 71.6 Å². The van der Waals surface area contributed by atoms with Crippen molar-refractivity contribution in [1.82, 2.24) is 15.0 Å². The molecule has 24 heteroatoms. The fourth-order valence-corrected chi connectivity index (χ4v) is 5.07. The minimum Gasteiger partial charge on any atom is -0.872 e. The van der Waals surface area contributed by atoms with E-state index in [2.05, 4.69) is 41.1 Å². The molecule has 252 valence electrons. The van der Waals surface area contributed by atoms with Gasteiger partial charge in [0.15, 0.2) is 0 Å². The molecule has 0 fully saturated rings. The van der Waals surface area contributed by atoms with Crippen LogP contribution in [0.2, 0.25) is 0 Å². The molecule has 10 N–H and O–H groups in total. The summed E-state index contributed by atoms with van der Waals surface area (Å²) in [5.41, 5.74) is 5.21. The second-order valence-electron chi connectivity index (χ2n) is 9.70. The smallest absolute Gasteiger partial charge is 0.872 e. The van der Waals surface area contributed by atoms with E-state index in [4.69, 9.17) is 15.9 Å².